The predicted octanol–water partition coefficient (Wildman–Crippen LogP) is 2.85. The summed E-state index contributed by atoms with van der Waals surface area (Å²) >= 11 is 0. The Bertz CT molecular complexity index is 725. The Morgan fingerprint density at radius 3 is 2.50 bits per heavy atom. The molecule has 2 heterocycles. The zero-order valence-corrected chi connectivity index (χ0v) is 11.3. The van der Waals surface area contributed by atoms with E-state index in [0.717, 1.165) is 28.7 Å². The molecule has 20 heavy (non-hydrogen) atoms. The number of benzene rings is 1. The van der Waals surface area contributed by atoms with Gasteiger partial charge in [-0.1, -0.05) is 0 Å². The molecule has 1 aromatic carbocycles. The van der Waals surface area contributed by atoms with Gasteiger partial charge in [0, 0.05) is 60.5 Å². The van der Waals surface area contributed by atoms with Crippen LogP contribution in [0.2, 0.25) is 0 Å². The van der Waals surface area contributed by atoms with Crippen LogP contribution in [0.25, 0.3) is 10.8 Å². The molecule has 3 rings (SSSR count). The number of nitrogen functional groups attached to an aromatic ring is 1. The fraction of sp³-hybridized carbons (Fsp3) is 0.125. The SMILES string of the molecule is CN(Cc1ccncc1)c1ccc(N)c2ccncc12. The smallest absolute Gasteiger partial charge is 0.0463 e. The van der Waals surface area contributed by atoms with Gasteiger partial charge in [0.25, 0.3) is 0 Å². The van der Waals surface area contributed by atoms with Crippen LogP contribution in [0.4, 0.5) is 11.4 Å². The van der Waals surface area contributed by atoms with Crippen LogP contribution < -0.4 is 10.6 Å². The predicted molar refractivity (Wildman–Crippen MR) is 82.5 cm³/mol. The molecule has 100 valence electrons. The van der Waals surface area contributed by atoms with E-state index in [4.69, 9.17) is 5.73 Å². The molecule has 0 saturated heterocycles. The van der Waals surface area contributed by atoms with Crippen molar-refractivity contribution >= 4 is 22.1 Å². The molecule has 0 amide bonds. The fourth-order valence-electron chi connectivity index (χ4n) is 2.38. The number of aromatic nitrogens is 2. The third-order valence-corrected chi connectivity index (χ3v) is 3.41. The van der Waals surface area contributed by atoms with Gasteiger partial charge in [0.1, 0.15) is 0 Å². The van der Waals surface area contributed by atoms with Crippen LogP contribution in [0.3, 0.4) is 0 Å². The minimum Gasteiger partial charge on any atom is -0.398 e. The van der Waals surface area contributed by atoms with E-state index in [1.54, 1.807) is 6.20 Å². The van der Waals surface area contributed by atoms with Crippen LogP contribution in [-0.4, -0.2) is 17.0 Å². The van der Waals surface area contributed by atoms with Gasteiger partial charge in [0.05, 0.1) is 0 Å². The van der Waals surface area contributed by atoms with E-state index < -0.39 is 0 Å². The van der Waals surface area contributed by atoms with Crippen molar-refractivity contribution < 1.29 is 0 Å². The Kier molecular flexibility index (Phi) is 3.21. The van der Waals surface area contributed by atoms with E-state index in [1.165, 1.54) is 5.56 Å². The molecule has 0 spiro atoms. The summed E-state index contributed by atoms with van der Waals surface area (Å²) in [6, 6.07) is 9.98. The topological polar surface area (TPSA) is 55.0 Å². The summed E-state index contributed by atoms with van der Waals surface area (Å²) in [6.45, 7) is 0.816. The second-order valence-corrected chi connectivity index (χ2v) is 4.81. The maximum atomic E-state index is 6.02. The molecule has 4 heteroatoms. The summed E-state index contributed by atoms with van der Waals surface area (Å²) < 4.78 is 0. The van der Waals surface area contributed by atoms with Crippen LogP contribution >= 0.6 is 0 Å². The van der Waals surface area contributed by atoms with Crippen molar-refractivity contribution in [1.82, 2.24) is 9.97 Å². The van der Waals surface area contributed by atoms with E-state index >= 15 is 0 Å². The zero-order valence-electron chi connectivity index (χ0n) is 11.3. The second-order valence-electron chi connectivity index (χ2n) is 4.81. The van der Waals surface area contributed by atoms with Crippen molar-refractivity contribution in [3.05, 3.63) is 60.7 Å². The molecule has 0 radical (unpaired) electrons. The van der Waals surface area contributed by atoms with Crippen LogP contribution in [0.1, 0.15) is 5.56 Å². The number of hydrogen-bond acceptors (Lipinski definition) is 4. The molecule has 3 aromatic rings. The minimum absolute atomic E-state index is 0.781. The molecule has 0 aliphatic carbocycles. The van der Waals surface area contributed by atoms with Crippen LogP contribution in [0, 0.1) is 0 Å². The lowest BCUT2D eigenvalue weighted by Crippen LogP contribution is -2.16. The highest BCUT2D eigenvalue weighted by Gasteiger charge is 2.08. The van der Waals surface area contributed by atoms with Gasteiger partial charge in [-0.2, -0.15) is 0 Å². The van der Waals surface area contributed by atoms with Gasteiger partial charge in [-0.05, 0) is 35.9 Å². The van der Waals surface area contributed by atoms with Gasteiger partial charge in [0.2, 0.25) is 0 Å². The Morgan fingerprint density at radius 1 is 0.950 bits per heavy atom. The maximum Gasteiger partial charge on any atom is 0.0463 e. The van der Waals surface area contributed by atoms with Crippen molar-refractivity contribution in [3.8, 4) is 0 Å². The van der Waals surface area contributed by atoms with E-state index in [1.807, 2.05) is 48.9 Å². The lowest BCUT2D eigenvalue weighted by atomic mass is 10.1. The average molecular weight is 264 g/mol. The highest BCUT2D eigenvalue weighted by atomic mass is 15.1. The zero-order chi connectivity index (χ0) is 13.9. The number of fused-ring (bicyclic) bond motifs is 1. The first-order chi connectivity index (χ1) is 9.75. The summed E-state index contributed by atoms with van der Waals surface area (Å²) in [5.74, 6) is 0. The van der Waals surface area contributed by atoms with Gasteiger partial charge in [0.15, 0.2) is 0 Å². The summed E-state index contributed by atoms with van der Waals surface area (Å²) in [7, 11) is 2.07. The summed E-state index contributed by atoms with van der Waals surface area (Å²) in [6.07, 6.45) is 7.26. The van der Waals surface area contributed by atoms with E-state index in [9.17, 15) is 0 Å². The van der Waals surface area contributed by atoms with Gasteiger partial charge in [-0.25, -0.2) is 0 Å². The minimum atomic E-state index is 0.781. The molecular formula is C16H16N4. The van der Waals surface area contributed by atoms with Gasteiger partial charge >= 0.3 is 0 Å². The van der Waals surface area contributed by atoms with Gasteiger partial charge in [-0.15, -0.1) is 0 Å². The monoisotopic (exact) mass is 264 g/mol. The molecule has 0 saturated carbocycles. The van der Waals surface area contributed by atoms with E-state index in [2.05, 4.69) is 21.9 Å². The number of pyridine rings is 2. The quantitative estimate of drug-likeness (QED) is 0.739. The Labute approximate surface area is 117 Å². The molecule has 2 N–H and O–H groups in total. The number of nitrogens with two attached hydrogens (primary N) is 1. The van der Waals surface area contributed by atoms with Gasteiger partial charge in [-0.3, -0.25) is 9.97 Å². The highest BCUT2D eigenvalue weighted by molar-refractivity contribution is 6.00. The molecule has 0 bridgehead atoms. The highest BCUT2D eigenvalue weighted by Crippen LogP contribution is 2.30. The Balaban J connectivity index is 2.00. The number of hydrogen-bond donors (Lipinski definition) is 1. The lowest BCUT2D eigenvalue weighted by molar-refractivity contribution is 0.924. The first kappa shape index (κ1) is 12.4. The van der Waals surface area contributed by atoms with Crippen molar-refractivity contribution in [1.29, 1.82) is 0 Å². The van der Waals surface area contributed by atoms with Crippen LogP contribution in [0.15, 0.2) is 55.1 Å². The van der Waals surface area contributed by atoms with Crippen molar-refractivity contribution in [2.24, 2.45) is 0 Å². The number of anilines is 2. The summed E-state index contributed by atoms with van der Waals surface area (Å²) in [5.41, 5.74) is 9.15. The Morgan fingerprint density at radius 2 is 1.70 bits per heavy atom. The molecule has 0 aliphatic rings. The normalized spacial score (nSPS) is 10.7. The van der Waals surface area contributed by atoms with Crippen molar-refractivity contribution in [2.45, 2.75) is 6.54 Å². The Hall–Kier alpha value is -2.62. The standard InChI is InChI=1S/C16H16N4/c1-20(11-12-4-7-18-8-5-12)16-3-2-15(17)13-6-9-19-10-14(13)16/h2-10H,11,17H2,1H3. The molecule has 0 unspecified atom stereocenters. The van der Waals surface area contributed by atoms with E-state index in [-0.39, 0.29) is 0 Å². The molecule has 0 fully saturated rings. The number of rotatable bonds is 3. The first-order valence-corrected chi connectivity index (χ1v) is 6.48. The van der Waals surface area contributed by atoms with E-state index in [0.29, 0.717) is 0 Å². The number of nitrogens with zero attached hydrogens (tertiary/aromatic N) is 3. The average Bonchev–Trinajstić information content (AvgIpc) is 2.49. The van der Waals surface area contributed by atoms with Crippen molar-refractivity contribution in [2.75, 3.05) is 17.7 Å². The molecule has 2 aromatic heterocycles. The molecule has 4 nitrogen and oxygen atoms in total. The van der Waals surface area contributed by atoms with Gasteiger partial charge < -0.3 is 10.6 Å². The summed E-state index contributed by atoms with van der Waals surface area (Å²) in [5, 5.41) is 2.11. The molecule has 0 aliphatic heterocycles. The molecule has 0 atom stereocenters. The fourth-order valence-corrected chi connectivity index (χ4v) is 2.38. The molecular weight excluding hydrogens is 248 g/mol. The third-order valence-electron chi connectivity index (χ3n) is 3.41. The second kappa shape index (κ2) is 5.17. The maximum absolute atomic E-state index is 6.02. The first-order valence-electron chi connectivity index (χ1n) is 6.48. The third kappa shape index (κ3) is 2.28. The lowest BCUT2D eigenvalue weighted by Gasteiger charge is -2.21. The van der Waals surface area contributed by atoms with Crippen LogP contribution in [0.5, 0.6) is 0 Å². The van der Waals surface area contributed by atoms with Crippen LogP contribution in [-0.2, 0) is 6.54 Å². The van der Waals surface area contributed by atoms with Crippen molar-refractivity contribution in [3.63, 3.8) is 0 Å². The largest absolute Gasteiger partial charge is 0.398 e. The summed E-state index contributed by atoms with van der Waals surface area (Å²) in [4.78, 5) is 10.4.